The average molecular weight is 307 g/mol. The molecule has 3 rings (SSSR count). The summed E-state index contributed by atoms with van der Waals surface area (Å²) < 4.78 is 33.9. The van der Waals surface area contributed by atoms with Crippen LogP contribution >= 0.6 is 0 Å². The molecule has 0 N–H and O–H groups in total. The average Bonchev–Trinajstić information content (AvgIpc) is 2.91. The molecule has 0 fully saturated rings. The summed E-state index contributed by atoms with van der Waals surface area (Å²) in [4.78, 5) is 4.62. The lowest BCUT2D eigenvalue weighted by atomic mass is 10.3. The molecule has 0 spiro atoms. The fourth-order valence-electron chi connectivity index (χ4n) is 2.49. The summed E-state index contributed by atoms with van der Waals surface area (Å²) in [5, 5.41) is 0. The predicted octanol–water partition coefficient (Wildman–Crippen LogP) is 1.23. The first-order valence-corrected chi connectivity index (χ1v) is 8.14. The molecular formula is C14H17N3O3S. The third kappa shape index (κ3) is 2.59. The third-order valence-corrected chi connectivity index (χ3v) is 5.47. The first-order chi connectivity index (χ1) is 10.1. The van der Waals surface area contributed by atoms with Crippen LogP contribution in [0.1, 0.15) is 11.4 Å². The highest BCUT2D eigenvalue weighted by Crippen LogP contribution is 2.23. The second kappa shape index (κ2) is 5.59. The van der Waals surface area contributed by atoms with Crippen molar-refractivity contribution < 1.29 is 13.2 Å². The monoisotopic (exact) mass is 307 g/mol. The molecule has 7 heteroatoms. The maximum absolute atomic E-state index is 12.7. The molecule has 21 heavy (non-hydrogen) atoms. The topological polar surface area (TPSA) is 64.4 Å². The number of sulfonamides is 1. The first kappa shape index (κ1) is 14.2. The number of methoxy groups -OCH3 is 1. The van der Waals surface area contributed by atoms with Crippen LogP contribution in [0.4, 0.5) is 0 Å². The van der Waals surface area contributed by atoms with Gasteiger partial charge < -0.3 is 9.30 Å². The van der Waals surface area contributed by atoms with Crippen molar-refractivity contribution in [3.63, 3.8) is 0 Å². The fraction of sp³-hybridized carbons (Fsp3) is 0.357. The number of hydrogen-bond donors (Lipinski definition) is 0. The highest BCUT2D eigenvalue weighted by atomic mass is 32.2. The van der Waals surface area contributed by atoms with E-state index in [1.165, 1.54) is 4.31 Å². The van der Waals surface area contributed by atoms with Gasteiger partial charge in [-0.05, 0) is 12.1 Å². The van der Waals surface area contributed by atoms with Crippen LogP contribution in [0.3, 0.4) is 0 Å². The standard InChI is InChI=1S/C14H17N3O3S/c1-20-10-13-14-9-17(8-7-16(14)11-15-13)21(18,19)12-5-3-2-4-6-12/h2-6,11H,7-10H2,1H3. The van der Waals surface area contributed by atoms with Crippen LogP contribution in [0.5, 0.6) is 0 Å². The molecule has 0 aliphatic carbocycles. The Morgan fingerprint density at radius 3 is 2.71 bits per heavy atom. The van der Waals surface area contributed by atoms with E-state index in [2.05, 4.69) is 4.98 Å². The molecule has 2 aromatic rings. The van der Waals surface area contributed by atoms with Crippen LogP contribution in [0.25, 0.3) is 0 Å². The van der Waals surface area contributed by atoms with E-state index in [1.54, 1.807) is 43.8 Å². The molecule has 0 saturated carbocycles. The Morgan fingerprint density at radius 2 is 2.00 bits per heavy atom. The van der Waals surface area contributed by atoms with Gasteiger partial charge in [0, 0.05) is 20.2 Å². The normalized spacial score (nSPS) is 15.9. The number of aromatic nitrogens is 2. The lowest BCUT2D eigenvalue weighted by Crippen LogP contribution is -2.38. The zero-order chi connectivity index (χ0) is 14.9. The molecular weight excluding hydrogens is 290 g/mol. The molecule has 1 aromatic heterocycles. The Morgan fingerprint density at radius 1 is 1.24 bits per heavy atom. The minimum Gasteiger partial charge on any atom is -0.378 e. The van der Waals surface area contributed by atoms with Gasteiger partial charge in [-0.2, -0.15) is 4.31 Å². The number of benzene rings is 1. The summed E-state index contributed by atoms with van der Waals surface area (Å²) >= 11 is 0. The van der Waals surface area contributed by atoms with Gasteiger partial charge in [-0.1, -0.05) is 18.2 Å². The van der Waals surface area contributed by atoms with Crippen molar-refractivity contribution in [2.45, 2.75) is 24.6 Å². The highest BCUT2D eigenvalue weighted by Gasteiger charge is 2.29. The molecule has 0 unspecified atom stereocenters. The van der Waals surface area contributed by atoms with Crippen LogP contribution in [0.2, 0.25) is 0 Å². The lowest BCUT2D eigenvalue weighted by molar-refractivity contribution is 0.179. The van der Waals surface area contributed by atoms with Crippen LogP contribution in [0.15, 0.2) is 41.6 Å². The van der Waals surface area contributed by atoms with Crippen molar-refractivity contribution in [2.24, 2.45) is 0 Å². The predicted molar refractivity (Wildman–Crippen MR) is 77.0 cm³/mol. The van der Waals surface area contributed by atoms with Crippen molar-refractivity contribution in [1.82, 2.24) is 13.9 Å². The van der Waals surface area contributed by atoms with Gasteiger partial charge >= 0.3 is 0 Å². The second-order valence-electron chi connectivity index (χ2n) is 4.92. The Labute approximate surface area is 124 Å². The maximum Gasteiger partial charge on any atom is 0.243 e. The summed E-state index contributed by atoms with van der Waals surface area (Å²) in [7, 11) is -1.86. The van der Waals surface area contributed by atoms with Gasteiger partial charge in [0.05, 0.1) is 35.8 Å². The first-order valence-electron chi connectivity index (χ1n) is 6.70. The van der Waals surface area contributed by atoms with E-state index in [-0.39, 0.29) is 0 Å². The number of rotatable bonds is 4. The van der Waals surface area contributed by atoms with E-state index in [0.29, 0.717) is 31.1 Å². The maximum atomic E-state index is 12.7. The molecule has 2 heterocycles. The molecule has 112 valence electrons. The van der Waals surface area contributed by atoms with Gasteiger partial charge in [-0.15, -0.1) is 0 Å². The molecule has 0 amide bonds. The molecule has 1 aliphatic heterocycles. The SMILES string of the molecule is COCc1ncn2c1CN(S(=O)(=O)c1ccccc1)CC2. The summed E-state index contributed by atoms with van der Waals surface area (Å²) in [6, 6.07) is 8.52. The van der Waals surface area contributed by atoms with Crippen molar-refractivity contribution >= 4 is 10.0 Å². The molecule has 6 nitrogen and oxygen atoms in total. The number of fused-ring (bicyclic) bond motifs is 1. The summed E-state index contributed by atoms with van der Waals surface area (Å²) in [6.07, 6.45) is 1.75. The second-order valence-corrected chi connectivity index (χ2v) is 6.85. The van der Waals surface area contributed by atoms with E-state index >= 15 is 0 Å². The van der Waals surface area contributed by atoms with E-state index < -0.39 is 10.0 Å². The van der Waals surface area contributed by atoms with Crippen LogP contribution in [0, 0.1) is 0 Å². The van der Waals surface area contributed by atoms with Crippen LogP contribution < -0.4 is 0 Å². The molecule has 0 saturated heterocycles. The summed E-state index contributed by atoms with van der Waals surface area (Å²) in [5.41, 5.74) is 1.70. The minimum atomic E-state index is -3.46. The van der Waals surface area contributed by atoms with Gasteiger partial charge in [-0.3, -0.25) is 0 Å². The Kier molecular flexibility index (Phi) is 3.79. The van der Waals surface area contributed by atoms with Gasteiger partial charge in [0.1, 0.15) is 0 Å². The number of nitrogens with zero attached hydrogens (tertiary/aromatic N) is 3. The quantitative estimate of drug-likeness (QED) is 0.852. The summed E-state index contributed by atoms with van der Waals surface area (Å²) in [6.45, 7) is 1.78. The number of hydrogen-bond acceptors (Lipinski definition) is 4. The highest BCUT2D eigenvalue weighted by molar-refractivity contribution is 7.89. The van der Waals surface area contributed by atoms with Crippen molar-refractivity contribution in [3.05, 3.63) is 48.0 Å². The Balaban J connectivity index is 1.91. The Bertz CT molecular complexity index is 725. The molecule has 0 bridgehead atoms. The zero-order valence-electron chi connectivity index (χ0n) is 11.8. The van der Waals surface area contributed by atoms with E-state index in [4.69, 9.17) is 4.74 Å². The van der Waals surface area contributed by atoms with Crippen molar-refractivity contribution in [2.75, 3.05) is 13.7 Å². The van der Waals surface area contributed by atoms with Gasteiger partial charge in [0.25, 0.3) is 0 Å². The van der Waals surface area contributed by atoms with Crippen molar-refractivity contribution in [1.29, 1.82) is 0 Å². The van der Waals surface area contributed by atoms with Crippen LogP contribution in [-0.2, 0) is 34.5 Å². The van der Waals surface area contributed by atoms with Gasteiger partial charge in [0.2, 0.25) is 10.0 Å². The minimum absolute atomic E-state index is 0.325. The largest absolute Gasteiger partial charge is 0.378 e. The van der Waals surface area contributed by atoms with E-state index in [1.807, 2.05) is 4.57 Å². The Hall–Kier alpha value is -1.70. The molecule has 0 atom stereocenters. The molecule has 0 radical (unpaired) electrons. The molecule has 1 aromatic carbocycles. The number of imidazole rings is 1. The smallest absolute Gasteiger partial charge is 0.243 e. The molecule has 1 aliphatic rings. The number of ether oxygens (including phenoxy) is 1. The van der Waals surface area contributed by atoms with Crippen molar-refractivity contribution in [3.8, 4) is 0 Å². The van der Waals surface area contributed by atoms with E-state index in [0.717, 1.165) is 11.4 Å². The van der Waals surface area contributed by atoms with E-state index in [9.17, 15) is 8.42 Å². The third-order valence-electron chi connectivity index (χ3n) is 3.61. The van der Waals surface area contributed by atoms with Gasteiger partial charge in [-0.25, -0.2) is 13.4 Å². The fourth-order valence-corrected chi connectivity index (χ4v) is 3.91. The van der Waals surface area contributed by atoms with Crippen LogP contribution in [-0.4, -0.2) is 35.9 Å². The van der Waals surface area contributed by atoms with Gasteiger partial charge in [0.15, 0.2) is 0 Å². The zero-order valence-corrected chi connectivity index (χ0v) is 12.6. The lowest BCUT2D eigenvalue weighted by Gasteiger charge is -2.28. The summed E-state index contributed by atoms with van der Waals surface area (Å²) in [5.74, 6) is 0.